The van der Waals surface area contributed by atoms with Crippen molar-refractivity contribution in [1.82, 2.24) is 0 Å². The van der Waals surface area contributed by atoms with Crippen LogP contribution in [0.5, 0.6) is 0 Å². The molecule has 0 bridgehead atoms. The summed E-state index contributed by atoms with van der Waals surface area (Å²) in [7, 11) is 0. The smallest absolute Gasteiger partial charge is 0.382 e. The molecule has 0 fully saturated rings. The summed E-state index contributed by atoms with van der Waals surface area (Å²) in [6, 6.07) is 10.9. The van der Waals surface area contributed by atoms with Gasteiger partial charge in [0.2, 0.25) is 5.91 Å². The molecule has 0 heterocycles. The molecule has 0 aliphatic heterocycles. The van der Waals surface area contributed by atoms with Crippen LogP contribution in [-0.4, -0.2) is 11.9 Å². The average Bonchev–Trinajstić information content (AvgIpc) is 2.95. The van der Waals surface area contributed by atoms with Gasteiger partial charge < -0.3 is 10.6 Å². The summed E-state index contributed by atoms with van der Waals surface area (Å²) in [6.45, 7) is 3.41. The third kappa shape index (κ3) is 4.02. The summed E-state index contributed by atoms with van der Waals surface area (Å²) < 4.78 is 38.4. The molecular formula is C19H17F3N2O. The lowest BCUT2D eigenvalue weighted by Gasteiger charge is -2.15. The van der Waals surface area contributed by atoms with Gasteiger partial charge in [-0.2, -0.15) is 13.2 Å². The van der Waals surface area contributed by atoms with Gasteiger partial charge in [0.1, 0.15) is 0 Å². The summed E-state index contributed by atoms with van der Waals surface area (Å²) in [5.74, 6) is -0.281. The first-order chi connectivity index (χ1) is 11.8. The summed E-state index contributed by atoms with van der Waals surface area (Å²) in [6.07, 6.45) is -1.75. The Morgan fingerprint density at radius 1 is 1.08 bits per heavy atom. The summed E-state index contributed by atoms with van der Waals surface area (Å²) >= 11 is 0. The van der Waals surface area contributed by atoms with Gasteiger partial charge in [0.25, 0.3) is 0 Å². The van der Waals surface area contributed by atoms with E-state index in [4.69, 9.17) is 0 Å². The number of nitrogens with one attached hydrogen (secondary N) is 2. The number of alkyl halides is 3. The topological polar surface area (TPSA) is 41.1 Å². The Hall–Kier alpha value is -2.76. The molecule has 1 atom stereocenters. The van der Waals surface area contributed by atoms with Gasteiger partial charge in [-0.05, 0) is 60.4 Å². The summed E-state index contributed by atoms with van der Waals surface area (Å²) in [5, 5.41) is 5.88. The minimum absolute atomic E-state index is 0.0174. The molecule has 1 aliphatic rings. The van der Waals surface area contributed by atoms with E-state index in [1.54, 1.807) is 6.07 Å². The summed E-state index contributed by atoms with van der Waals surface area (Å²) in [5.41, 5.74) is 2.67. The molecule has 6 heteroatoms. The molecule has 0 aromatic heterocycles. The van der Waals surface area contributed by atoms with Crippen LogP contribution in [0.25, 0.3) is 0 Å². The Morgan fingerprint density at radius 3 is 2.56 bits per heavy atom. The quantitative estimate of drug-likeness (QED) is 0.805. The van der Waals surface area contributed by atoms with Crippen LogP contribution in [0.4, 0.5) is 24.5 Å². The zero-order valence-electron chi connectivity index (χ0n) is 13.4. The molecule has 2 aromatic rings. The Balaban J connectivity index is 1.70. The normalized spacial score (nSPS) is 16.2. The highest BCUT2D eigenvalue weighted by atomic mass is 19.4. The molecule has 1 amide bonds. The van der Waals surface area contributed by atoms with E-state index in [2.05, 4.69) is 17.2 Å². The van der Waals surface area contributed by atoms with Crippen molar-refractivity contribution in [3.05, 3.63) is 71.8 Å². The van der Waals surface area contributed by atoms with Crippen LogP contribution in [0.2, 0.25) is 0 Å². The minimum Gasteiger partial charge on any atom is -0.382 e. The van der Waals surface area contributed by atoms with Gasteiger partial charge >= 0.3 is 6.18 Å². The lowest BCUT2D eigenvalue weighted by atomic mass is 10.1. The number of hydrogen-bond donors (Lipinski definition) is 2. The van der Waals surface area contributed by atoms with Crippen LogP contribution in [0, 0.1) is 0 Å². The van der Waals surface area contributed by atoms with Crippen molar-refractivity contribution in [1.29, 1.82) is 0 Å². The molecule has 0 radical (unpaired) electrons. The van der Waals surface area contributed by atoms with E-state index < -0.39 is 11.7 Å². The van der Waals surface area contributed by atoms with Crippen molar-refractivity contribution in [3.8, 4) is 0 Å². The van der Waals surface area contributed by atoms with Crippen LogP contribution in [0.1, 0.15) is 16.7 Å². The Labute approximate surface area is 143 Å². The van der Waals surface area contributed by atoms with Gasteiger partial charge in [-0.3, -0.25) is 4.79 Å². The predicted octanol–water partition coefficient (Wildman–Crippen LogP) is 4.41. The number of carbonyl (C=O) groups excluding carboxylic acids is 1. The van der Waals surface area contributed by atoms with Crippen LogP contribution < -0.4 is 10.6 Å². The molecule has 3 nitrogen and oxygen atoms in total. The minimum atomic E-state index is -4.35. The molecule has 0 unspecified atom stereocenters. The van der Waals surface area contributed by atoms with Gasteiger partial charge in [-0.1, -0.05) is 18.7 Å². The van der Waals surface area contributed by atoms with E-state index in [0.717, 1.165) is 29.7 Å². The van der Waals surface area contributed by atoms with Gasteiger partial charge in [-0.15, -0.1) is 0 Å². The van der Waals surface area contributed by atoms with Crippen LogP contribution >= 0.6 is 0 Å². The number of fused-ring (bicyclic) bond motifs is 1. The predicted molar refractivity (Wildman–Crippen MR) is 91.5 cm³/mol. The summed E-state index contributed by atoms with van der Waals surface area (Å²) in [4.78, 5) is 11.4. The maximum atomic E-state index is 12.8. The molecule has 1 aliphatic carbocycles. The van der Waals surface area contributed by atoms with Crippen molar-refractivity contribution < 1.29 is 18.0 Å². The number of anilines is 2. The molecule has 2 aromatic carbocycles. The number of benzene rings is 2. The molecule has 0 saturated heterocycles. The molecule has 0 spiro atoms. The van der Waals surface area contributed by atoms with Crippen LogP contribution in [-0.2, 0) is 23.8 Å². The van der Waals surface area contributed by atoms with E-state index in [1.807, 2.05) is 18.2 Å². The zero-order chi connectivity index (χ0) is 18.0. The third-order valence-electron chi connectivity index (χ3n) is 4.15. The Bertz CT molecular complexity index is 815. The fourth-order valence-electron chi connectivity index (χ4n) is 3.01. The third-order valence-corrected chi connectivity index (χ3v) is 4.15. The number of halogens is 3. The second-order valence-electron chi connectivity index (χ2n) is 6.00. The van der Waals surface area contributed by atoms with Crippen LogP contribution in [0.15, 0.2) is 55.1 Å². The van der Waals surface area contributed by atoms with Gasteiger partial charge in [-0.25, -0.2) is 0 Å². The van der Waals surface area contributed by atoms with E-state index >= 15 is 0 Å². The van der Waals surface area contributed by atoms with Crippen molar-refractivity contribution in [2.75, 3.05) is 10.6 Å². The fraction of sp³-hybridized carbons (Fsp3) is 0.211. The molecule has 130 valence electrons. The first-order valence-electron chi connectivity index (χ1n) is 7.84. The van der Waals surface area contributed by atoms with Gasteiger partial charge in [0.05, 0.1) is 5.56 Å². The Morgan fingerprint density at radius 2 is 1.84 bits per heavy atom. The fourth-order valence-corrected chi connectivity index (χ4v) is 3.01. The maximum absolute atomic E-state index is 12.8. The number of hydrogen-bond acceptors (Lipinski definition) is 2. The first kappa shape index (κ1) is 17.1. The SMILES string of the molecule is C=CC(=O)Nc1ccc2c(c1)C[C@H](Nc1cccc(C(F)(F)F)c1)C2. The zero-order valence-corrected chi connectivity index (χ0v) is 13.4. The van der Waals surface area contributed by atoms with Crippen molar-refractivity contribution in [3.63, 3.8) is 0 Å². The highest BCUT2D eigenvalue weighted by molar-refractivity contribution is 5.98. The molecule has 2 N–H and O–H groups in total. The second-order valence-corrected chi connectivity index (χ2v) is 6.00. The van der Waals surface area contributed by atoms with E-state index in [9.17, 15) is 18.0 Å². The monoisotopic (exact) mass is 346 g/mol. The van der Waals surface area contributed by atoms with Crippen LogP contribution in [0.3, 0.4) is 0 Å². The van der Waals surface area contributed by atoms with Gasteiger partial charge in [0, 0.05) is 17.4 Å². The number of amides is 1. The Kier molecular flexibility index (Phi) is 4.53. The second kappa shape index (κ2) is 6.63. The van der Waals surface area contributed by atoms with Crippen molar-refractivity contribution in [2.24, 2.45) is 0 Å². The highest BCUT2D eigenvalue weighted by Crippen LogP contribution is 2.32. The van der Waals surface area contributed by atoms with Gasteiger partial charge in [0.15, 0.2) is 0 Å². The van der Waals surface area contributed by atoms with Crippen molar-refractivity contribution in [2.45, 2.75) is 25.1 Å². The highest BCUT2D eigenvalue weighted by Gasteiger charge is 2.30. The van der Waals surface area contributed by atoms with Crippen molar-refractivity contribution >= 4 is 17.3 Å². The largest absolute Gasteiger partial charge is 0.416 e. The first-order valence-corrected chi connectivity index (χ1v) is 7.84. The lowest BCUT2D eigenvalue weighted by molar-refractivity contribution is -0.137. The van der Waals surface area contributed by atoms with E-state index in [0.29, 0.717) is 17.8 Å². The van der Waals surface area contributed by atoms with E-state index in [-0.39, 0.29) is 11.9 Å². The molecule has 25 heavy (non-hydrogen) atoms. The number of rotatable bonds is 4. The lowest BCUT2D eigenvalue weighted by Crippen LogP contribution is -2.19. The molecule has 0 saturated carbocycles. The number of carbonyl (C=O) groups is 1. The van der Waals surface area contributed by atoms with E-state index in [1.165, 1.54) is 12.1 Å². The molecular weight excluding hydrogens is 329 g/mol. The molecule has 3 rings (SSSR count). The standard InChI is InChI=1S/C19H17F3N2O/c1-2-18(25)24-16-7-6-12-8-17(10-13(12)9-16)23-15-5-3-4-14(11-15)19(20,21)22/h2-7,9,11,17,23H,1,8,10H2,(H,24,25)/t17-/m1/s1. The maximum Gasteiger partial charge on any atom is 0.416 e. The average molecular weight is 346 g/mol.